The summed E-state index contributed by atoms with van der Waals surface area (Å²) in [6.45, 7) is 60.0. The fourth-order valence-electron chi connectivity index (χ4n) is 10.4. The van der Waals surface area contributed by atoms with Gasteiger partial charge < -0.3 is 18.5 Å². The number of benzene rings is 5. The van der Waals surface area contributed by atoms with Crippen LogP contribution in [0.15, 0.2) is 103 Å². The van der Waals surface area contributed by atoms with E-state index in [1.807, 2.05) is 0 Å². The van der Waals surface area contributed by atoms with Crippen molar-refractivity contribution in [3.05, 3.63) is 170 Å². The zero-order valence-electron chi connectivity index (χ0n) is 51.0. The van der Waals surface area contributed by atoms with E-state index in [1.54, 1.807) is 0 Å². The van der Waals surface area contributed by atoms with Gasteiger partial charge in [0.15, 0.2) is 17.0 Å². The Morgan fingerprint density at radius 3 is 0.703 bits per heavy atom. The van der Waals surface area contributed by atoms with Gasteiger partial charge in [-0.2, -0.15) is 0 Å². The van der Waals surface area contributed by atoms with Crippen LogP contribution in [-0.4, -0.2) is 18.0 Å². The van der Waals surface area contributed by atoms with Crippen LogP contribution in [0.25, 0.3) is 0 Å². The minimum absolute atomic E-state index is 0.199. The van der Waals surface area contributed by atoms with Gasteiger partial charge >= 0.3 is 0 Å². The highest BCUT2D eigenvalue weighted by Gasteiger charge is 2.68. The molecule has 0 unspecified atom stereocenters. The second kappa shape index (κ2) is 18.8. The zero-order chi connectivity index (χ0) is 55.6. The van der Waals surface area contributed by atoms with Crippen molar-refractivity contribution in [1.29, 1.82) is 0 Å². The van der Waals surface area contributed by atoms with Crippen molar-refractivity contribution in [3.8, 4) is 0 Å². The number of fused-ring (bicyclic) bond motifs is 1. The van der Waals surface area contributed by atoms with Crippen molar-refractivity contribution in [3.63, 3.8) is 0 Å². The summed E-state index contributed by atoms with van der Waals surface area (Å²) in [6, 6.07) is 39.9. The SMILES string of the molecule is CC1(C)O[C@H]2[C@H](O1)C(c1cc(C(C)(C)C)cc(C(C)(C)C)c1)(c1cc(C(C)(C)C)cc(C(C)(C)C)c1)OP(c1ccccc1)OC2(c1cc(C(C)(C)C)cc(C(C)(C)C)c1)c1cc(C(C)(C)C)cc(C(C)(C)C)c1. The number of ether oxygens (including phenoxy) is 2. The van der Waals surface area contributed by atoms with E-state index in [0.717, 1.165) is 27.6 Å². The van der Waals surface area contributed by atoms with Gasteiger partial charge in [0.05, 0.1) is 0 Å². The number of hydrogen-bond acceptors (Lipinski definition) is 4. The van der Waals surface area contributed by atoms with Crippen LogP contribution >= 0.6 is 8.38 Å². The molecule has 2 aliphatic heterocycles. The molecule has 5 aromatic carbocycles. The summed E-state index contributed by atoms with van der Waals surface area (Å²) in [5, 5.41) is 0.979. The molecule has 0 radical (unpaired) electrons. The van der Waals surface area contributed by atoms with Crippen molar-refractivity contribution in [2.75, 3.05) is 0 Å². The Labute approximate surface area is 452 Å². The molecule has 2 heterocycles. The maximum absolute atomic E-state index is 8.56. The highest BCUT2D eigenvalue weighted by atomic mass is 31.2. The molecule has 2 atom stereocenters. The van der Waals surface area contributed by atoms with Crippen LogP contribution in [0.1, 0.15) is 247 Å². The molecule has 5 heteroatoms. The van der Waals surface area contributed by atoms with Crippen LogP contribution < -0.4 is 5.30 Å². The molecule has 402 valence electrons. The number of rotatable bonds is 5. The Bertz CT molecular complexity index is 2390. The van der Waals surface area contributed by atoms with Gasteiger partial charge in [0.2, 0.25) is 8.38 Å². The highest BCUT2D eigenvalue weighted by molar-refractivity contribution is 7.56. The molecule has 0 bridgehead atoms. The molecule has 0 amide bonds. The third kappa shape index (κ3) is 11.5. The molecule has 0 spiro atoms. The molecule has 2 aliphatic rings. The predicted octanol–water partition coefficient (Wildman–Crippen LogP) is 18.5. The van der Waals surface area contributed by atoms with Crippen LogP contribution in [0.3, 0.4) is 0 Å². The summed E-state index contributed by atoms with van der Waals surface area (Å²) in [7, 11) is -1.98. The first-order valence-corrected chi connectivity index (χ1v) is 28.8. The standard InChI is InChI=1S/C69H97O4P/c1-59(2,3)44-32-45(60(4,5)6)37-52(36-44)68(53-38-46(61(7,8)9)33-47(39-53)62(10,11)12)57-58(71-67(25,26)70-57)69(73-74(72-68)56-30-28-27-29-31-56,54-40-48(63(13,14)15)34-49(41-54)64(16,17)18)55-42-50(65(19,20)21)35-51(43-55)66(22,23)24/h27-43,57-58H,1-26H3/t57-,58-/m0/s1. The van der Waals surface area contributed by atoms with Gasteiger partial charge in [-0.05, 0) is 136 Å². The zero-order valence-corrected chi connectivity index (χ0v) is 51.9. The average molecular weight is 1020 g/mol. The molecular weight excluding hydrogens is 924 g/mol. The third-order valence-electron chi connectivity index (χ3n) is 15.7. The van der Waals surface area contributed by atoms with Crippen molar-refractivity contribution in [1.82, 2.24) is 0 Å². The Morgan fingerprint density at radius 1 is 0.311 bits per heavy atom. The average Bonchev–Trinajstić information content (AvgIpc) is 3.53. The number of hydrogen-bond donors (Lipinski definition) is 0. The molecule has 2 saturated heterocycles. The van der Waals surface area contributed by atoms with Gasteiger partial charge in [0, 0.05) is 5.30 Å². The predicted molar refractivity (Wildman–Crippen MR) is 316 cm³/mol. The quantitative estimate of drug-likeness (QED) is 0.164. The van der Waals surface area contributed by atoms with Gasteiger partial charge in [-0.15, -0.1) is 0 Å². The van der Waals surface area contributed by atoms with Crippen LogP contribution in [-0.2, 0) is 73.0 Å². The van der Waals surface area contributed by atoms with E-state index in [9.17, 15) is 0 Å². The van der Waals surface area contributed by atoms with Gasteiger partial charge in [-0.3, -0.25) is 0 Å². The largest absolute Gasteiger partial charge is 0.341 e. The molecule has 7 rings (SSSR count). The van der Waals surface area contributed by atoms with Gasteiger partial charge in [-0.1, -0.05) is 257 Å². The van der Waals surface area contributed by atoms with Gasteiger partial charge in [0.25, 0.3) is 0 Å². The molecule has 0 saturated carbocycles. The summed E-state index contributed by atoms with van der Waals surface area (Å²) in [5.74, 6) is -1.07. The van der Waals surface area contributed by atoms with E-state index in [0.29, 0.717) is 0 Å². The lowest BCUT2D eigenvalue weighted by molar-refractivity contribution is -0.173. The lowest BCUT2D eigenvalue weighted by Crippen LogP contribution is -2.54. The first-order valence-electron chi connectivity index (χ1n) is 27.6. The van der Waals surface area contributed by atoms with E-state index in [4.69, 9.17) is 18.5 Å². The van der Waals surface area contributed by atoms with Crippen LogP contribution in [0, 0.1) is 0 Å². The summed E-state index contributed by atoms with van der Waals surface area (Å²) < 4.78 is 33.0. The monoisotopic (exact) mass is 1020 g/mol. The van der Waals surface area contributed by atoms with Crippen molar-refractivity contribution in [2.24, 2.45) is 0 Å². The Kier molecular flexibility index (Phi) is 14.7. The summed E-state index contributed by atoms with van der Waals surface area (Å²) in [4.78, 5) is 0. The fourth-order valence-corrected chi connectivity index (χ4v) is 12.2. The Morgan fingerprint density at radius 2 is 0.514 bits per heavy atom. The smallest absolute Gasteiger partial charge is 0.207 e. The van der Waals surface area contributed by atoms with E-state index >= 15 is 0 Å². The molecule has 0 aliphatic carbocycles. The molecular formula is C69H97O4P. The van der Waals surface area contributed by atoms with Gasteiger partial charge in [-0.25, -0.2) is 0 Å². The minimum Gasteiger partial charge on any atom is -0.341 e. The topological polar surface area (TPSA) is 36.9 Å². The van der Waals surface area contributed by atoms with E-state index in [-0.39, 0.29) is 43.3 Å². The maximum Gasteiger partial charge on any atom is 0.207 e. The summed E-state index contributed by atoms with van der Waals surface area (Å²) in [5.41, 5.74) is 9.87. The molecule has 0 aromatic heterocycles. The third-order valence-corrected chi connectivity index (χ3v) is 17.3. The second-order valence-electron chi connectivity index (χ2n) is 30.9. The minimum atomic E-state index is -1.98. The van der Waals surface area contributed by atoms with Crippen LogP contribution in [0.5, 0.6) is 0 Å². The molecule has 4 nitrogen and oxygen atoms in total. The van der Waals surface area contributed by atoms with Crippen LogP contribution in [0.4, 0.5) is 0 Å². The van der Waals surface area contributed by atoms with Crippen molar-refractivity contribution in [2.45, 2.75) is 253 Å². The fraction of sp³-hybridized carbons (Fsp3) is 0.565. The highest BCUT2D eigenvalue weighted by Crippen LogP contribution is 2.65. The summed E-state index contributed by atoms with van der Waals surface area (Å²) in [6.07, 6.45) is -1.51. The van der Waals surface area contributed by atoms with Crippen molar-refractivity contribution >= 4 is 13.7 Å². The maximum atomic E-state index is 8.56. The second-order valence-corrected chi connectivity index (χ2v) is 32.3. The molecule has 5 aromatic rings. The Balaban J connectivity index is 1.84. The van der Waals surface area contributed by atoms with E-state index in [1.165, 1.54) is 44.5 Å². The lowest BCUT2D eigenvalue weighted by atomic mass is 9.67. The molecule has 74 heavy (non-hydrogen) atoms. The molecule has 0 N–H and O–H groups in total. The summed E-state index contributed by atoms with van der Waals surface area (Å²) >= 11 is 0. The van der Waals surface area contributed by atoms with Crippen molar-refractivity contribution < 1.29 is 18.5 Å². The van der Waals surface area contributed by atoms with E-state index in [2.05, 4.69) is 283 Å². The van der Waals surface area contributed by atoms with Gasteiger partial charge in [0.1, 0.15) is 12.2 Å². The normalized spacial score (nSPS) is 20.1. The first kappa shape index (κ1) is 58.1. The lowest BCUT2D eigenvalue weighted by Gasteiger charge is -2.44. The van der Waals surface area contributed by atoms with Crippen LogP contribution in [0.2, 0.25) is 0 Å². The Hall–Kier alpha value is -3.63. The first-order chi connectivity index (χ1) is 33.4. The van der Waals surface area contributed by atoms with E-state index < -0.39 is 37.6 Å². The molecule has 2 fully saturated rings.